The number of anilines is 1. The second kappa shape index (κ2) is 10.4. The van der Waals surface area contributed by atoms with Crippen LogP contribution >= 0.6 is 0 Å². The van der Waals surface area contributed by atoms with E-state index in [1.807, 2.05) is 0 Å². The Labute approximate surface area is 129 Å². The Morgan fingerprint density at radius 2 is 1.90 bits per heavy atom. The van der Waals surface area contributed by atoms with Crippen molar-refractivity contribution in [1.29, 1.82) is 0 Å². The lowest BCUT2D eigenvalue weighted by Crippen LogP contribution is -2.15. The standard InChI is InChI=1S/C17H31N3O/c1-5-8-9-10-12-14(4)21-17-15(11-6-2)16(18-7-3)19-13-20-17/h13-14H,5-12H2,1-4H3,(H,18,19,20). The lowest BCUT2D eigenvalue weighted by Gasteiger charge is -2.18. The zero-order valence-electron chi connectivity index (χ0n) is 14.1. The van der Waals surface area contributed by atoms with Crippen LogP contribution in [0.15, 0.2) is 6.33 Å². The third-order valence-electron chi connectivity index (χ3n) is 3.53. The van der Waals surface area contributed by atoms with E-state index < -0.39 is 0 Å². The minimum Gasteiger partial charge on any atom is -0.474 e. The van der Waals surface area contributed by atoms with E-state index in [0.717, 1.165) is 43.1 Å². The van der Waals surface area contributed by atoms with Gasteiger partial charge in [-0.3, -0.25) is 0 Å². The van der Waals surface area contributed by atoms with Crippen LogP contribution < -0.4 is 10.1 Å². The fraction of sp³-hybridized carbons (Fsp3) is 0.765. The fourth-order valence-corrected chi connectivity index (χ4v) is 2.40. The molecule has 1 unspecified atom stereocenters. The van der Waals surface area contributed by atoms with Gasteiger partial charge in [-0.15, -0.1) is 0 Å². The predicted molar refractivity (Wildman–Crippen MR) is 89.0 cm³/mol. The lowest BCUT2D eigenvalue weighted by atomic mass is 10.1. The highest BCUT2D eigenvalue weighted by atomic mass is 16.5. The highest BCUT2D eigenvalue weighted by Crippen LogP contribution is 2.25. The zero-order valence-corrected chi connectivity index (χ0v) is 14.1. The molecule has 0 saturated carbocycles. The first kappa shape index (κ1) is 17.7. The Bertz CT molecular complexity index is 396. The molecule has 4 heteroatoms. The summed E-state index contributed by atoms with van der Waals surface area (Å²) in [5.41, 5.74) is 1.11. The van der Waals surface area contributed by atoms with Gasteiger partial charge in [-0.2, -0.15) is 0 Å². The SMILES string of the molecule is CCCCCCC(C)Oc1ncnc(NCC)c1CCC. The largest absolute Gasteiger partial charge is 0.474 e. The Morgan fingerprint density at radius 3 is 2.57 bits per heavy atom. The van der Waals surface area contributed by atoms with E-state index in [1.54, 1.807) is 6.33 Å². The van der Waals surface area contributed by atoms with Crippen LogP contribution in [0.2, 0.25) is 0 Å². The number of ether oxygens (including phenoxy) is 1. The predicted octanol–water partition coefficient (Wildman–Crippen LogP) is 4.60. The molecule has 0 aliphatic heterocycles. The van der Waals surface area contributed by atoms with E-state index in [9.17, 15) is 0 Å². The van der Waals surface area contributed by atoms with Gasteiger partial charge in [-0.05, 0) is 33.1 Å². The molecule has 1 aromatic heterocycles. The molecule has 0 aromatic carbocycles. The first-order chi connectivity index (χ1) is 10.2. The molecule has 21 heavy (non-hydrogen) atoms. The molecule has 0 spiro atoms. The van der Waals surface area contributed by atoms with Crippen LogP contribution in [0.3, 0.4) is 0 Å². The summed E-state index contributed by atoms with van der Waals surface area (Å²) in [7, 11) is 0. The summed E-state index contributed by atoms with van der Waals surface area (Å²) in [5.74, 6) is 1.67. The number of hydrogen-bond donors (Lipinski definition) is 1. The van der Waals surface area contributed by atoms with E-state index in [1.165, 1.54) is 25.7 Å². The van der Waals surface area contributed by atoms with Gasteiger partial charge in [0.05, 0.1) is 11.7 Å². The van der Waals surface area contributed by atoms with Gasteiger partial charge in [0.1, 0.15) is 12.1 Å². The maximum atomic E-state index is 6.07. The maximum absolute atomic E-state index is 6.07. The topological polar surface area (TPSA) is 47.0 Å². The molecule has 0 aliphatic rings. The van der Waals surface area contributed by atoms with Crippen LogP contribution in [0, 0.1) is 0 Å². The molecule has 1 rings (SSSR count). The van der Waals surface area contributed by atoms with E-state index in [4.69, 9.17) is 4.74 Å². The molecule has 120 valence electrons. The highest BCUT2D eigenvalue weighted by Gasteiger charge is 2.14. The first-order valence-corrected chi connectivity index (χ1v) is 8.47. The van der Waals surface area contributed by atoms with Crippen LogP contribution in [-0.2, 0) is 6.42 Å². The average molecular weight is 293 g/mol. The number of rotatable bonds is 11. The normalized spacial score (nSPS) is 12.2. The van der Waals surface area contributed by atoms with Gasteiger partial charge >= 0.3 is 0 Å². The number of nitrogens with zero attached hydrogens (tertiary/aromatic N) is 2. The monoisotopic (exact) mass is 293 g/mol. The first-order valence-electron chi connectivity index (χ1n) is 8.47. The molecule has 1 atom stereocenters. The molecule has 0 fully saturated rings. The van der Waals surface area contributed by atoms with E-state index in [0.29, 0.717) is 0 Å². The van der Waals surface area contributed by atoms with E-state index in [2.05, 4.69) is 43.0 Å². The van der Waals surface area contributed by atoms with E-state index in [-0.39, 0.29) is 6.10 Å². The van der Waals surface area contributed by atoms with Crippen molar-refractivity contribution in [2.75, 3.05) is 11.9 Å². The van der Waals surface area contributed by atoms with Crippen LogP contribution in [0.4, 0.5) is 5.82 Å². The number of aromatic nitrogens is 2. The molecule has 0 aliphatic carbocycles. The van der Waals surface area contributed by atoms with Crippen molar-refractivity contribution in [3.05, 3.63) is 11.9 Å². The summed E-state index contributed by atoms with van der Waals surface area (Å²) in [5, 5.41) is 3.30. The number of hydrogen-bond acceptors (Lipinski definition) is 4. The van der Waals surface area contributed by atoms with Gasteiger partial charge in [0, 0.05) is 6.54 Å². The van der Waals surface area contributed by atoms with Gasteiger partial charge in [0.2, 0.25) is 5.88 Å². The molecular weight excluding hydrogens is 262 g/mol. The molecule has 1 N–H and O–H groups in total. The highest BCUT2D eigenvalue weighted by molar-refractivity contribution is 5.48. The number of unbranched alkanes of at least 4 members (excludes halogenated alkanes) is 3. The van der Waals surface area contributed by atoms with E-state index >= 15 is 0 Å². The summed E-state index contributed by atoms with van der Waals surface area (Å²) in [6, 6.07) is 0. The Morgan fingerprint density at radius 1 is 1.10 bits per heavy atom. The molecular formula is C17H31N3O. The van der Waals surface area contributed by atoms with Crippen LogP contribution in [0.25, 0.3) is 0 Å². The molecule has 1 aromatic rings. The molecule has 0 saturated heterocycles. The van der Waals surface area contributed by atoms with Crippen molar-refractivity contribution in [2.45, 2.75) is 78.7 Å². The molecule has 0 bridgehead atoms. The zero-order chi connectivity index (χ0) is 15.5. The molecule has 4 nitrogen and oxygen atoms in total. The van der Waals surface area contributed by atoms with Gasteiger partial charge in [-0.1, -0.05) is 39.5 Å². The third-order valence-corrected chi connectivity index (χ3v) is 3.53. The summed E-state index contributed by atoms with van der Waals surface area (Å²) in [6.45, 7) is 9.48. The Balaban J connectivity index is 2.65. The van der Waals surface area contributed by atoms with Crippen LogP contribution in [0.1, 0.15) is 71.8 Å². The smallest absolute Gasteiger partial charge is 0.222 e. The molecule has 0 radical (unpaired) electrons. The van der Waals surface area contributed by atoms with Gasteiger partial charge < -0.3 is 10.1 Å². The summed E-state index contributed by atoms with van der Waals surface area (Å²) >= 11 is 0. The summed E-state index contributed by atoms with van der Waals surface area (Å²) < 4.78 is 6.07. The van der Waals surface area contributed by atoms with Crippen LogP contribution in [0.5, 0.6) is 5.88 Å². The third kappa shape index (κ3) is 6.32. The second-order valence-corrected chi connectivity index (χ2v) is 5.56. The van der Waals surface area contributed by atoms with Gasteiger partial charge in [0.15, 0.2) is 0 Å². The maximum Gasteiger partial charge on any atom is 0.222 e. The molecule has 0 amide bonds. The van der Waals surface area contributed by atoms with Gasteiger partial charge in [-0.25, -0.2) is 9.97 Å². The Hall–Kier alpha value is -1.32. The Kier molecular flexibility index (Phi) is 8.79. The lowest BCUT2D eigenvalue weighted by molar-refractivity contribution is 0.196. The molecule has 1 heterocycles. The van der Waals surface area contributed by atoms with Crippen molar-refractivity contribution >= 4 is 5.82 Å². The number of nitrogens with one attached hydrogen (secondary N) is 1. The minimum absolute atomic E-state index is 0.210. The van der Waals surface area contributed by atoms with Crippen molar-refractivity contribution in [2.24, 2.45) is 0 Å². The summed E-state index contributed by atoms with van der Waals surface area (Å²) in [4.78, 5) is 8.69. The summed E-state index contributed by atoms with van der Waals surface area (Å²) in [6.07, 6.45) is 10.00. The minimum atomic E-state index is 0.210. The van der Waals surface area contributed by atoms with Crippen molar-refractivity contribution in [3.63, 3.8) is 0 Å². The van der Waals surface area contributed by atoms with Gasteiger partial charge in [0.25, 0.3) is 0 Å². The van der Waals surface area contributed by atoms with Crippen molar-refractivity contribution < 1.29 is 4.74 Å². The van der Waals surface area contributed by atoms with Crippen molar-refractivity contribution in [1.82, 2.24) is 9.97 Å². The van der Waals surface area contributed by atoms with Crippen molar-refractivity contribution in [3.8, 4) is 5.88 Å². The van der Waals surface area contributed by atoms with Crippen LogP contribution in [-0.4, -0.2) is 22.6 Å². The quantitative estimate of drug-likeness (QED) is 0.606. The average Bonchev–Trinajstić information content (AvgIpc) is 2.47. The second-order valence-electron chi connectivity index (χ2n) is 5.56. The fourth-order valence-electron chi connectivity index (χ4n) is 2.40.